The third-order valence-electron chi connectivity index (χ3n) is 1.12. The van der Waals surface area contributed by atoms with Crippen molar-refractivity contribution in [1.29, 1.82) is 0 Å². The summed E-state index contributed by atoms with van der Waals surface area (Å²) in [5, 5.41) is 2.42. The van der Waals surface area contributed by atoms with E-state index in [0.717, 1.165) is 13.1 Å². The molecule has 1 amide bonds. The highest BCUT2D eigenvalue weighted by atomic mass is 16.1. The van der Waals surface area contributed by atoms with Crippen LogP contribution in [0.25, 0.3) is 0 Å². The fourth-order valence-corrected chi connectivity index (χ4v) is 0.671. The van der Waals surface area contributed by atoms with Gasteiger partial charge in [0.2, 0.25) is 0 Å². The molecule has 0 bridgehead atoms. The van der Waals surface area contributed by atoms with Crippen molar-refractivity contribution in [2.24, 2.45) is 4.99 Å². The van der Waals surface area contributed by atoms with Gasteiger partial charge in [-0.05, 0) is 0 Å². The van der Waals surface area contributed by atoms with Crippen LogP contribution in [0.2, 0.25) is 0 Å². The molecule has 1 aliphatic heterocycles. The maximum Gasteiger partial charge on any atom is 0.310 e. The Morgan fingerprint density at radius 1 is 1.89 bits per heavy atom. The quantitative estimate of drug-likeness (QED) is 0.490. The molecule has 0 unspecified atom stereocenters. The number of carbonyl (C=O) groups excluding carboxylic acids is 1. The Kier molecular flexibility index (Phi) is 2.06. The van der Waals surface area contributed by atoms with Crippen molar-refractivity contribution < 1.29 is 4.79 Å². The van der Waals surface area contributed by atoms with Gasteiger partial charge in [-0.2, -0.15) is 0 Å². The average Bonchev–Trinajstić information content (AvgIpc) is 2.34. The Morgan fingerprint density at radius 2 is 2.78 bits per heavy atom. The monoisotopic (exact) mass is 126 g/mol. The zero-order chi connectivity index (χ0) is 6.53. The van der Waals surface area contributed by atoms with Gasteiger partial charge < -0.3 is 10.2 Å². The van der Waals surface area contributed by atoms with Gasteiger partial charge in [-0.15, -0.1) is 0 Å². The molecule has 4 heteroatoms. The standard InChI is InChI=1S/C5H8N3O/c9-5-7-4-8-2-1-6-3-8/h3H,1-2,4H2,(H,7,9). The molecule has 9 heavy (non-hydrogen) atoms. The summed E-state index contributed by atoms with van der Waals surface area (Å²) in [6, 6.07) is 0. The highest BCUT2D eigenvalue weighted by Gasteiger charge is 2.01. The summed E-state index contributed by atoms with van der Waals surface area (Å²) in [6.45, 7) is 2.25. The van der Waals surface area contributed by atoms with Gasteiger partial charge in [0.05, 0.1) is 19.6 Å². The van der Waals surface area contributed by atoms with Gasteiger partial charge >= 0.3 is 6.41 Å². The van der Waals surface area contributed by atoms with E-state index in [1.54, 1.807) is 12.7 Å². The van der Waals surface area contributed by atoms with Crippen LogP contribution in [0.1, 0.15) is 0 Å². The van der Waals surface area contributed by atoms with Crippen molar-refractivity contribution in [2.75, 3.05) is 19.8 Å². The van der Waals surface area contributed by atoms with E-state index in [1.165, 1.54) is 0 Å². The maximum atomic E-state index is 9.65. The van der Waals surface area contributed by atoms with Crippen LogP contribution < -0.4 is 5.32 Å². The first-order valence-electron chi connectivity index (χ1n) is 2.77. The molecule has 0 atom stereocenters. The number of amides is 1. The number of aliphatic imine (C=N–C) groups is 1. The summed E-state index contributed by atoms with van der Waals surface area (Å²) in [4.78, 5) is 15.5. The second kappa shape index (κ2) is 3.06. The lowest BCUT2D eigenvalue weighted by Gasteiger charge is -2.10. The van der Waals surface area contributed by atoms with E-state index >= 15 is 0 Å². The summed E-state index contributed by atoms with van der Waals surface area (Å²) < 4.78 is 0. The molecular weight excluding hydrogens is 118 g/mol. The summed E-state index contributed by atoms with van der Waals surface area (Å²) in [7, 11) is 0. The van der Waals surface area contributed by atoms with Gasteiger partial charge in [-0.3, -0.25) is 9.79 Å². The predicted molar refractivity (Wildman–Crippen MR) is 33.8 cm³/mol. The second-order valence-electron chi connectivity index (χ2n) is 1.77. The molecule has 49 valence electrons. The van der Waals surface area contributed by atoms with Crippen LogP contribution in [0.4, 0.5) is 0 Å². The lowest BCUT2D eigenvalue weighted by Crippen LogP contribution is -2.30. The van der Waals surface area contributed by atoms with Gasteiger partial charge in [-0.1, -0.05) is 0 Å². The van der Waals surface area contributed by atoms with Gasteiger partial charge in [0.1, 0.15) is 0 Å². The minimum absolute atomic E-state index is 0.521. The van der Waals surface area contributed by atoms with E-state index in [2.05, 4.69) is 10.3 Å². The molecule has 0 aromatic carbocycles. The smallest absolute Gasteiger partial charge is 0.310 e. The van der Waals surface area contributed by atoms with Gasteiger partial charge in [-0.25, -0.2) is 0 Å². The van der Waals surface area contributed by atoms with Gasteiger partial charge in [0.15, 0.2) is 0 Å². The van der Waals surface area contributed by atoms with Crippen LogP contribution >= 0.6 is 0 Å². The molecule has 1 radical (unpaired) electrons. The minimum Gasteiger partial charge on any atom is -0.343 e. The largest absolute Gasteiger partial charge is 0.343 e. The normalized spacial score (nSPS) is 16.2. The fourth-order valence-electron chi connectivity index (χ4n) is 0.671. The molecule has 0 aromatic rings. The lowest BCUT2D eigenvalue weighted by atomic mass is 10.6. The SMILES string of the molecule is O=[C]NCN1C=NCC1. The van der Waals surface area contributed by atoms with E-state index in [4.69, 9.17) is 0 Å². The molecule has 1 N–H and O–H groups in total. The molecule has 0 aromatic heterocycles. The summed E-state index contributed by atoms with van der Waals surface area (Å²) in [6.07, 6.45) is 3.32. The molecule has 4 nitrogen and oxygen atoms in total. The lowest BCUT2D eigenvalue weighted by molar-refractivity contribution is 0.443. The molecule has 0 spiro atoms. The number of hydrogen-bond donors (Lipinski definition) is 1. The first-order chi connectivity index (χ1) is 4.43. The topological polar surface area (TPSA) is 44.7 Å². The van der Waals surface area contributed by atoms with Crippen LogP contribution in [-0.2, 0) is 4.79 Å². The van der Waals surface area contributed by atoms with Crippen molar-refractivity contribution in [2.45, 2.75) is 0 Å². The molecule has 1 aliphatic rings. The molecule has 0 saturated heterocycles. The van der Waals surface area contributed by atoms with Crippen molar-refractivity contribution in [3.8, 4) is 0 Å². The van der Waals surface area contributed by atoms with E-state index < -0.39 is 0 Å². The van der Waals surface area contributed by atoms with E-state index in [0.29, 0.717) is 6.67 Å². The first-order valence-corrected chi connectivity index (χ1v) is 2.77. The van der Waals surface area contributed by atoms with Gasteiger partial charge in [0, 0.05) is 6.54 Å². The Balaban J connectivity index is 2.12. The van der Waals surface area contributed by atoms with E-state index in [1.807, 2.05) is 4.90 Å². The summed E-state index contributed by atoms with van der Waals surface area (Å²) >= 11 is 0. The molecule has 1 heterocycles. The number of nitrogens with zero attached hydrogens (tertiary/aromatic N) is 2. The average molecular weight is 126 g/mol. The van der Waals surface area contributed by atoms with E-state index in [-0.39, 0.29) is 0 Å². The van der Waals surface area contributed by atoms with Crippen molar-refractivity contribution in [3.05, 3.63) is 0 Å². The van der Waals surface area contributed by atoms with Crippen molar-refractivity contribution in [1.82, 2.24) is 10.2 Å². The van der Waals surface area contributed by atoms with E-state index in [9.17, 15) is 4.79 Å². The Morgan fingerprint density at radius 3 is 3.33 bits per heavy atom. The highest BCUT2D eigenvalue weighted by Crippen LogP contribution is 1.88. The van der Waals surface area contributed by atoms with Gasteiger partial charge in [0.25, 0.3) is 0 Å². The molecular formula is C5H8N3O. The number of nitrogens with one attached hydrogen (secondary N) is 1. The molecule has 0 aliphatic carbocycles. The Bertz CT molecular complexity index is 123. The Hall–Kier alpha value is -1.06. The number of rotatable bonds is 3. The van der Waals surface area contributed by atoms with Crippen LogP contribution in [0.5, 0.6) is 0 Å². The fraction of sp³-hybridized carbons (Fsp3) is 0.600. The summed E-state index contributed by atoms with van der Waals surface area (Å²) in [5.41, 5.74) is 0. The number of hydrogen-bond acceptors (Lipinski definition) is 3. The molecule has 0 fully saturated rings. The zero-order valence-electron chi connectivity index (χ0n) is 5.00. The third kappa shape index (κ3) is 1.71. The van der Waals surface area contributed by atoms with Crippen LogP contribution in [0, 0.1) is 0 Å². The van der Waals surface area contributed by atoms with Crippen molar-refractivity contribution >= 4 is 12.7 Å². The maximum absolute atomic E-state index is 9.65. The van der Waals surface area contributed by atoms with Crippen LogP contribution in [0.15, 0.2) is 4.99 Å². The van der Waals surface area contributed by atoms with Crippen LogP contribution in [0.3, 0.4) is 0 Å². The van der Waals surface area contributed by atoms with Crippen molar-refractivity contribution in [3.63, 3.8) is 0 Å². The van der Waals surface area contributed by atoms with Crippen LogP contribution in [-0.4, -0.2) is 37.4 Å². The molecule has 0 saturated carbocycles. The summed E-state index contributed by atoms with van der Waals surface area (Å²) in [5.74, 6) is 0. The molecule has 1 rings (SSSR count). The second-order valence-corrected chi connectivity index (χ2v) is 1.77. The zero-order valence-corrected chi connectivity index (χ0v) is 5.00. The Labute approximate surface area is 53.6 Å². The minimum atomic E-state index is 0.521. The predicted octanol–water partition coefficient (Wildman–Crippen LogP) is -1.06. The first kappa shape index (κ1) is 6.07. The highest BCUT2D eigenvalue weighted by molar-refractivity contribution is 5.57. The third-order valence-corrected chi connectivity index (χ3v) is 1.12.